The lowest BCUT2D eigenvalue weighted by Gasteiger charge is -2.18. The number of amides is 1. The summed E-state index contributed by atoms with van der Waals surface area (Å²) < 4.78 is 0. The van der Waals surface area contributed by atoms with E-state index in [-0.39, 0.29) is 11.9 Å². The first-order valence-corrected chi connectivity index (χ1v) is 8.21. The Kier molecular flexibility index (Phi) is 2.74. The minimum Gasteiger partial charge on any atom is -0.325 e. The first-order valence-electron chi connectivity index (χ1n) is 8.21. The van der Waals surface area contributed by atoms with E-state index in [9.17, 15) is 4.79 Å². The van der Waals surface area contributed by atoms with Crippen molar-refractivity contribution in [3.05, 3.63) is 29.3 Å². The lowest BCUT2D eigenvalue weighted by Crippen LogP contribution is -2.27. The first-order chi connectivity index (χ1) is 10.00. The summed E-state index contributed by atoms with van der Waals surface area (Å²) in [6, 6.07) is 6.44. The van der Waals surface area contributed by atoms with Gasteiger partial charge >= 0.3 is 0 Å². The topological polar surface area (TPSA) is 55.1 Å². The Morgan fingerprint density at radius 1 is 1.24 bits per heavy atom. The highest BCUT2D eigenvalue weighted by Gasteiger charge is 2.53. The molecule has 3 N–H and O–H groups in total. The van der Waals surface area contributed by atoms with Gasteiger partial charge in [0.1, 0.15) is 0 Å². The molecule has 0 spiro atoms. The minimum atomic E-state index is -0.443. The predicted octanol–water partition coefficient (Wildman–Crippen LogP) is 3.35. The number of nitrogens with one attached hydrogen (secondary N) is 1. The van der Waals surface area contributed by atoms with Crippen molar-refractivity contribution in [2.24, 2.45) is 23.5 Å². The summed E-state index contributed by atoms with van der Waals surface area (Å²) in [5.41, 5.74) is 9.39. The molecule has 21 heavy (non-hydrogen) atoms. The summed E-state index contributed by atoms with van der Waals surface area (Å²) >= 11 is 0. The van der Waals surface area contributed by atoms with Crippen LogP contribution in [0, 0.1) is 17.8 Å². The van der Waals surface area contributed by atoms with Crippen LogP contribution in [0.2, 0.25) is 0 Å². The van der Waals surface area contributed by atoms with Crippen molar-refractivity contribution in [1.29, 1.82) is 0 Å². The zero-order valence-corrected chi connectivity index (χ0v) is 12.9. The van der Waals surface area contributed by atoms with Crippen LogP contribution in [-0.4, -0.2) is 5.91 Å². The van der Waals surface area contributed by atoms with Crippen molar-refractivity contribution in [3.63, 3.8) is 0 Å². The molecule has 2 saturated carbocycles. The normalized spacial score (nSPS) is 33.9. The maximum absolute atomic E-state index is 12.0. The van der Waals surface area contributed by atoms with Gasteiger partial charge in [0, 0.05) is 11.7 Å². The van der Waals surface area contributed by atoms with Crippen LogP contribution in [0.15, 0.2) is 18.2 Å². The van der Waals surface area contributed by atoms with Gasteiger partial charge in [-0.3, -0.25) is 4.79 Å². The maximum atomic E-state index is 12.0. The van der Waals surface area contributed by atoms with Crippen molar-refractivity contribution >= 4 is 11.6 Å². The Labute approximate surface area is 126 Å². The molecular weight excluding hydrogens is 260 g/mol. The van der Waals surface area contributed by atoms with Gasteiger partial charge in [-0.05, 0) is 61.6 Å². The maximum Gasteiger partial charge on any atom is 0.234 e. The largest absolute Gasteiger partial charge is 0.325 e. The monoisotopic (exact) mass is 284 g/mol. The summed E-state index contributed by atoms with van der Waals surface area (Å²) in [5.74, 6) is 2.46. The van der Waals surface area contributed by atoms with Gasteiger partial charge in [-0.2, -0.15) is 0 Å². The summed E-state index contributed by atoms with van der Waals surface area (Å²) in [6.45, 7) is 3.97. The Bertz CT molecular complexity index is 595. The lowest BCUT2D eigenvalue weighted by atomic mass is 9.84. The van der Waals surface area contributed by atoms with E-state index >= 15 is 0 Å². The number of nitrogens with two attached hydrogens (primary N) is 1. The van der Waals surface area contributed by atoms with Crippen molar-refractivity contribution in [2.75, 3.05) is 5.32 Å². The zero-order valence-electron chi connectivity index (χ0n) is 12.9. The molecule has 4 rings (SSSR count). The number of hydrogen-bond donors (Lipinski definition) is 2. The van der Waals surface area contributed by atoms with Gasteiger partial charge in [-0.15, -0.1) is 0 Å². The molecule has 1 aromatic rings. The van der Waals surface area contributed by atoms with Gasteiger partial charge in [0.25, 0.3) is 0 Å². The van der Waals surface area contributed by atoms with Crippen molar-refractivity contribution in [1.82, 2.24) is 0 Å². The van der Waals surface area contributed by atoms with E-state index in [0.29, 0.717) is 5.92 Å². The molecule has 3 atom stereocenters. The van der Waals surface area contributed by atoms with E-state index < -0.39 is 5.41 Å². The molecule has 0 aromatic heterocycles. The fourth-order valence-electron chi connectivity index (χ4n) is 4.60. The smallest absolute Gasteiger partial charge is 0.234 e. The van der Waals surface area contributed by atoms with E-state index in [2.05, 4.69) is 17.4 Å². The molecule has 2 fully saturated rings. The van der Waals surface area contributed by atoms with E-state index in [1.54, 1.807) is 0 Å². The molecule has 3 heteroatoms. The molecule has 112 valence electrons. The van der Waals surface area contributed by atoms with Gasteiger partial charge in [0.15, 0.2) is 0 Å². The zero-order chi connectivity index (χ0) is 14.8. The van der Waals surface area contributed by atoms with Crippen LogP contribution < -0.4 is 11.1 Å². The molecule has 3 unspecified atom stereocenters. The molecule has 0 saturated heterocycles. The molecule has 0 radical (unpaired) electrons. The molecular formula is C18H24N2O. The second-order valence-corrected chi connectivity index (χ2v) is 7.60. The van der Waals surface area contributed by atoms with Crippen LogP contribution in [0.4, 0.5) is 5.69 Å². The van der Waals surface area contributed by atoms with E-state index in [4.69, 9.17) is 5.73 Å². The summed E-state index contributed by atoms with van der Waals surface area (Å²) in [7, 11) is 0. The number of benzene rings is 1. The first kappa shape index (κ1) is 13.3. The highest BCUT2D eigenvalue weighted by molar-refractivity contribution is 6.05. The second-order valence-electron chi connectivity index (χ2n) is 7.60. The van der Waals surface area contributed by atoms with E-state index in [0.717, 1.165) is 23.1 Å². The van der Waals surface area contributed by atoms with Gasteiger partial charge < -0.3 is 11.1 Å². The third-order valence-electron chi connectivity index (χ3n) is 6.06. The Balaban J connectivity index is 1.63. The summed E-state index contributed by atoms with van der Waals surface area (Å²) in [6.07, 6.45) is 5.47. The molecule has 1 aromatic carbocycles. The fourth-order valence-corrected chi connectivity index (χ4v) is 4.60. The highest BCUT2D eigenvalue weighted by Crippen LogP contribution is 2.60. The van der Waals surface area contributed by atoms with Crippen molar-refractivity contribution < 1.29 is 4.79 Å². The second kappa shape index (κ2) is 4.33. The van der Waals surface area contributed by atoms with Crippen molar-refractivity contribution in [2.45, 2.75) is 51.0 Å². The lowest BCUT2D eigenvalue weighted by molar-refractivity contribution is -0.119. The number of carbonyl (C=O) groups excluding carboxylic acids is 1. The van der Waals surface area contributed by atoms with Crippen LogP contribution in [0.5, 0.6) is 0 Å². The van der Waals surface area contributed by atoms with Crippen LogP contribution in [0.25, 0.3) is 0 Å². The Morgan fingerprint density at radius 2 is 1.90 bits per heavy atom. The minimum absolute atomic E-state index is 0.0864. The summed E-state index contributed by atoms with van der Waals surface area (Å²) in [4.78, 5) is 12.0. The molecule has 2 aliphatic carbocycles. The Morgan fingerprint density at radius 3 is 2.57 bits per heavy atom. The van der Waals surface area contributed by atoms with Gasteiger partial charge in [0.2, 0.25) is 5.91 Å². The third-order valence-corrected chi connectivity index (χ3v) is 6.06. The fraction of sp³-hybridized carbons (Fsp3) is 0.611. The SMILES string of the molecule is CC1(C)C(=O)Nc2ccc(C(N)C3C4CCCCC43)cc21. The number of rotatable bonds is 2. The molecule has 3 nitrogen and oxygen atoms in total. The molecule has 0 bridgehead atoms. The van der Waals surface area contributed by atoms with Gasteiger partial charge in [0.05, 0.1) is 5.41 Å². The van der Waals surface area contributed by atoms with Gasteiger partial charge in [-0.25, -0.2) is 0 Å². The van der Waals surface area contributed by atoms with Crippen LogP contribution in [-0.2, 0) is 10.2 Å². The van der Waals surface area contributed by atoms with Crippen LogP contribution >= 0.6 is 0 Å². The summed E-state index contributed by atoms with van der Waals surface area (Å²) in [5, 5.41) is 2.97. The quantitative estimate of drug-likeness (QED) is 0.875. The number of carbonyl (C=O) groups is 1. The number of anilines is 1. The molecule has 1 amide bonds. The van der Waals surface area contributed by atoms with Crippen molar-refractivity contribution in [3.8, 4) is 0 Å². The number of fused-ring (bicyclic) bond motifs is 2. The predicted molar refractivity (Wildman–Crippen MR) is 84.0 cm³/mol. The third kappa shape index (κ3) is 1.87. The highest BCUT2D eigenvalue weighted by atomic mass is 16.2. The average molecular weight is 284 g/mol. The Hall–Kier alpha value is -1.35. The van der Waals surface area contributed by atoms with Crippen LogP contribution in [0.1, 0.15) is 56.7 Å². The van der Waals surface area contributed by atoms with E-state index in [1.165, 1.54) is 31.2 Å². The standard InChI is InChI=1S/C18H24N2O/c1-18(2)13-9-10(7-8-14(13)20-17(18)21)16(19)15-11-5-3-4-6-12(11)15/h7-9,11-12,15-16H,3-6,19H2,1-2H3,(H,20,21). The van der Waals surface area contributed by atoms with Crippen LogP contribution in [0.3, 0.4) is 0 Å². The molecule has 1 aliphatic heterocycles. The molecule has 1 heterocycles. The van der Waals surface area contributed by atoms with Gasteiger partial charge in [-0.1, -0.05) is 25.0 Å². The van der Waals surface area contributed by atoms with E-state index in [1.807, 2.05) is 19.9 Å². The number of hydrogen-bond acceptors (Lipinski definition) is 2. The molecule has 3 aliphatic rings. The average Bonchev–Trinajstić information content (AvgIpc) is 3.15.